The molecule has 3 aromatic carbocycles. The Labute approximate surface area is 195 Å². The van der Waals surface area contributed by atoms with E-state index in [1.807, 2.05) is 74.5 Å². The molecule has 0 aliphatic carbocycles. The molecule has 0 aliphatic heterocycles. The van der Waals surface area contributed by atoms with Gasteiger partial charge in [0.25, 0.3) is 5.91 Å². The molecule has 2 N–H and O–H groups in total. The number of carbonyl (C=O) groups excluding carboxylic acids is 1. The molecule has 1 amide bonds. The van der Waals surface area contributed by atoms with Crippen LogP contribution in [0.3, 0.4) is 0 Å². The van der Waals surface area contributed by atoms with E-state index in [-0.39, 0.29) is 12.5 Å². The third kappa shape index (κ3) is 6.64. The van der Waals surface area contributed by atoms with Crippen molar-refractivity contribution >= 4 is 44.8 Å². The van der Waals surface area contributed by atoms with Gasteiger partial charge in [-0.25, -0.2) is 0 Å². The van der Waals surface area contributed by atoms with Gasteiger partial charge in [-0.15, -0.1) is 0 Å². The molecule has 3 aromatic rings. The fraction of sp³-hybridized carbons (Fsp3) is 0.208. The summed E-state index contributed by atoms with van der Waals surface area (Å²) in [7, 11) is 0. The summed E-state index contributed by atoms with van der Waals surface area (Å²) in [5, 5.41) is 6.88. The first-order chi connectivity index (χ1) is 15.0. The normalized spacial score (nSPS) is 10.5. The summed E-state index contributed by atoms with van der Waals surface area (Å²) >= 11 is 9.66. The fourth-order valence-corrected chi connectivity index (χ4v) is 3.74. The highest BCUT2D eigenvalue weighted by Crippen LogP contribution is 2.37. The number of halogens is 2. The second-order valence-corrected chi connectivity index (χ2v) is 8.14. The summed E-state index contributed by atoms with van der Waals surface area (Å²) in [6.45, 7) is 4.85. The van der Waals surface area contributed by atoms with Crippen LogP contribution in [0.2, 0.25) is 5.02 Å². The van der Waals surface area contributed by atoms with E-state index in [1.165, 1.54) is 0 Å². The van der Waals surface area contributed by atoms with Gasteiger partial charge in [-0.05, 0) is 77.3 Å². The van der Waals surface area contributed by atoms with Gasteiger partial charge >= 0.3 is 0 Å². The maximum atomic E-state index is 12.2. The number of ether oxygens (including phenoxy) is 2. The van der Waals surface area contributed by atoms with E-state index in [1.54, 1.807) is 0 Å². The fourth-order valence-electron chi connectivity index (χ4n) is 2.96. The number of benzene rings is 3. The first kappa shape index (κ1) is 23.0. The van der Waals surface area contributed by atoms with E-state index in [0.29, 0.717) is 34.1 Å². The second kappa shape index (κ2) is 11.1. The number of aryl methyl sites for hydroxylation is 1. The van der Waals surface area contributed by atoms with E-state index in [9.17, 15) is 4.79 Å². The average molecular weight is 504 g/mol. The van der Waals surface area contributed by atoms with Crippen LogP contribution in [0.1, 0.15) is 18.1 Å². The van der Waals surface area contributed by atoms with Crippen molar-refractivity contribution in [3.8, 4) is 11.5 Å². The zero-order valence-corrected chi connectivity index (χ0v) is 19.7. The number of amides is 1. The number of hydrogen-bond donors (Lipinski definition) is 2. The third-order valence-electron chi connectivity index (χ3n) is 4.46. The van der Waals surface area contributed by atoms with Gasteiger partial charge in [0.1, 0.15) is 0 Å². The number of hydrogen-bond acceptors (Lipinski definition) is 4. The SMILES string of the molecule is CCOc1cc(CNc2cc(Cl)ccc2C)cc(Br)c1OCC(=O)Nc1ccccc1. The Morgan fingerprint density at radius 1 is 1.06 bits per heavy atom. The molecule has 0 spiro atoms. The van der Waals surface area contributed by atoms with E-state index in [2.05, 4.69) is 26.6 Å². The first-order valence-electron chi connectivity index (χ1n) is 9.89. The highest BCUT2D eigenvalue weighted by atomic mass is 79.9. The zero-order chi connectivity index (χ0) is 22.2. The molecular weight excluding hydrogens is 480 g/mol. The molecule has 0 bridgehead atoms. The number of rotatable bonds is 9. The van der Waals surface area contributed by atoms with Crippen LogP contribution >= 0.6 is 27.5 Å². The van der Waals surface area contributed by atoms with Gasteiger partial charge in [0.2, 0.25) is 0 Å². The summed E-state index contributed by atoms with van der Waals surface area (Å²) in [6.07, 6.45) is 0. The maximum Gasteiger partial charge on any atom is 0.262 e. The highest BCUT2D eigenvalue weighted by molar-refractivity contribution is 9.10. The maximum absolute atomic E-state index is 12.2. The van der Waals surface area contributed by atoms with Gasteiger partial charge in [0.15, 0.2) is 18.1 Å². The Bertz CT molecular complexity index is 1040. The molecule has 0 saturated carbocycles. The molecule has 0 fully saturated rings. The first-order valence-corrected chi connectivity index (χ1v) is 11.1. The molecule has 31 heavy (non-hydrogen) atoms. The summed E-state index contributed by atoms with van der Waals surface area (Å²) < 4.78 is 12.3. The second-order valence-electron chi connectivity index (χ2n) is 6.85. The largest absolute Gasteiger partial charge is 0.490 e. The Hall–Kier alpha value is -2.70. The van der Waals surface area contributed by atoms with Crippen LogP contribution in [-0.4, -0.2) is 19.1 Å². The van der Waals surface area contributed by atoms with E-state index >= 15 is 0 Å². The smallest absolute Gasteiger partial charge is 0.262 e. The van der Waals surface area contributed by atoms with Gasteiger partial charge < -0.3 is 20.1 Å². The minimum absolute atomic E-state index is 0.132. The predicted octanol–water partition coefficient (Wildman–Crippen LogP) is 6.44. The van der Waals surface area contributed by atoms with Crippen LogP contribution in [0.25, 0.3) is 0 Å². The number of carbonyl (C=O) groups is 1. The van der Waals surface area contributed by atoms with Gasteiger partial charge in [-0.1, -0.05) is 35.9 Å². The minimum Gasteiger partial charge on any atom is -0.490 e. The molecule has 5 nitrogen and oxygen atoms in total. The Morgan fingerprint density at radius 3 is 2.58 bits per heavy atom. The van der Waals surface area contributed by atoms with E-state index in [0.717, 1.165) is 22.5 Å². The lowest BCUT2D eigenvalue weighted by molar-refractivity contribution is -0.118. The number of anilines is 2. The number of nitrogens with one attached hydrogen (secondary N) is 2. The van der Waals surface area contributed by atoms with Crippen LogP contribution in [-0.2, 0) is 11.3 Å². The third-order valence-corrected chi connectivity index (χ3v) is 5.28. The molecule has 0 saturated heterocycles. The van der Waals surface area contributed by atoms with Crippen LogP contribution in [0.4, 0.5) is 11.4 Å². The van der Waals surface area contributed by atoms with Crippen LogP contribution < -0.4 is 20.1 Å². The lowest BCUT2D eigenvalue weighted by Crippen LogP contribution is -2.20. The van der Waals surface area contributed by atoms with Gasteiger partial charge in [0, 0.05) is 22.9 Å². The van der Waals surface area contributed by atoms with Crippen molar-refractivity contribution in [3.63, 3.8) is 0 Å². The van der Waals surface area contributed by atoms with Crippen molar-refractivity contribution < 1.29 is 14.3 Å². The molecule has 0 aliphatic rings. The van der Waals surface area contributed by atoms with Gasteiger partial charge in [-0.2, -0.15) is 0 Å². The van der Waals surface area contributed by atoms with Gasteiger partial charge in [0.05, 0.1) is 11.1 Å². The molecular formula is C24H24BrClN2O3. The summed E-state index contributed by atoms with van der Waals surface area (Å²) in [5.74, 6) is 0.819. The van der Waals surface area contributed by atoms with Crippen molar-refractivity contribution in [2.45, 2.75) is 20.4 Å². The number of para-hydroxylation sites is 1. The van der Waals surface area contributed by atoms with Gasteiger partial charge in [-0.3, -0.25) is 4.79 Å². The molecule has 7 heteroatoms. The van der Waals surface area contributed by atoms with Crippen molar-refractivity contribution in [1.29, 1.82) is 0 Å². The summed E-state index contributed by atoms with van der Waals surface area (Å²) in [5.41, 5.74) is 3.80. The Morgan fingerprint density at radius 2 is 1.84 bits per heavy atom. The van der Waals surface area contributed by atoms with Crippen LogP contribution in [0, 0.1) is 6.92 Å². The standard InChI is InChI=1S/C24H24BrClN2O3/c1-3-30-22-12-17(14-27-21-13-18(26)10-9-16(21)2)11-20(25)24(22)31-15-23(29)28-19-7-5-4-6-8-19/h4-13,27H,3,14-15H2,1-2H3,(H,28,29). The zero-order valence-electron chi connectivity index (χ0n) is 17.4. The average Bonchev–Trinajstić information content (AvgIpc) is 2.74. The quantitative estimate of drug-likeness (QED) is 0.353. The Kier molecular flexibility index (Phi) is 8.20. The molecule has 0 atom stereocenters. The van der Waals surface area contributed by atoms with E-state index in [4.69, 9.17) is 21.1 Å². The highest BCUT2D eigenvalue weighted by Gasteiger charge is 2.14. The summed E-state index contributed by atoms with van der Waals surface area (Å²) in [4.78, 5) is 12.2. The minimum atomic E-state index is -0.247. The molecule has 3 rings (SSSR count). The Balaban J connectivity index is 1.69. The molecule has 162 valence electrons. The van der Waals surface area contributed by atoms with Crippen LogP contribution in [0.15, 0.2) is 65.1 Å². The topological polar surface area (TPSA) is 59.6 Å². The predicted molar refractivity (Wildman–Crippen MR) is 129 cm³/mol. The summed E-state index contributed by atoms with van der Waals surface area (Å²) in [6, 6.07) is 18.8. The van der Waals surface area contributed by atoms with Crippen molar-refractivity contribution in [1.82, 2.24) is 0 Å². The molecule has 0 heterocycles. The van der Waals surface area contributed by atoms with Crippen molar-refractivity contribution in [2.24, 2.45) is 0 Å². The lowest BCUT2D eigenvalue weighted by atomic mass is 10.1. The molecule has 0 aromatic heterocycles. The molecule has 0 radical (unpaired) electrons. The van der Waals surface area contributed by atoms with Crippen LogP contribution in [0.5, 0.6) is 11.5 Å². The van der Waals surface area contributed by atoms with Crippen molar-refractivity contribution in [2.75, 3.05) is 23.8 Å². The van der Waals surface area contributed by atoms with Crippen molar-refractivity contribution in [3.05, 3.63) is 81.3 Å². The van der Waals surface area contributed by atoms with E-state index < -0.39 is 0 Å². The molecule has 0 unspecified atom stereocenters. The lowest BCUT2D eigenvalue weighted by Gasteiger charge is -2.16. The monoisotopic (exact) mass is 502 g/mol.